The molecule has 1 aromatic rings. The van der Waals surface area contributed by atoms with Gasteiger partial charge in [-0.15, -0.1) is 5.10 Å². The van der Waals surface area contributed by atoms with Crippen LogP contribution in [0.2, 0.25) is 5.02 Å². The van der Waals surface area contributed by atoms with Gasteiger partial charge in [0.05, 0.1) is 10.9 Å². The molecule has 0 fully saturated rings. The first-order valence-corrected chi connectivity index (χ1v) is 6.86. The van der Waals surface area contributed by atoms with Crippen LogP contribution in [0.15, 0.2) is 17.2 Å². The molecule has 1 aliphatic rings. The van der Waals surface area contributed by atoms with Gasteiger partial charge in [0.15, 0.2) is 5.75 Å². The van der Waals surface area contributed by atoms with Crippen LogP contribution in [-0.2, 0) is 4.79 Å². The lowest BCUT2D eigenvalue weighted by atomic mass is 9.91. The first kappa shape index (κ1) is 14.7. The molecule has 2 rings (SSSR count). The molecular formula is C14H18ClN3O2. The van der Waals surface area contributed by atoms with Crippen molar-refractivity contribution in [3.8, 4) is 5.75 Å². The number of carbonyl (C=O) groups excluding carboxylic acids is 1. The zero-order valence-electron chi connectivity index (χ0n) is 11.7. The zero-order chi connectivity index (χ0) is 14.9. The molecule has 1 amide bonds. The van der Waals surface area contributed by atoms with Crippen LogP contribution in [0, 0.1) is 18.8 Å². The molecule has 20 heavy (non-hydrogen) atoms. The second-order valence-electron chi connectivity index (χ2n) is 5.29. The number of carbonyl (C=O) groups is 1. The third-order valence-corrected chi connectivity index (χ3v) is 3.58. The van der Waals surface area contributed by atoms with E-state index in [1.807, 2.05) is 20.8 Å². The SMILES string of the molecule is Cc1cc(N)cc(Cl)c1OC1=NNC(=O)C(C(C)C)C1. The van der Waals surface area contributed by atoms with Gasteiger partial charge in [0.25, 0.3) is 0 Å². The molecule has 0 radical (unpaired) electrons. The minimum atomic E-state index is -0.143. The third-order valence-electron chi connectivity index (χ3n) is 3.30. The quantitative estimate of drug-likeness (QED) is 0.824. The van der Waals surface area contributed by atoms with E-state index in [0.29, 0.717) is 28.8 Å². The fraction of sp³-hybridized carbons (Fsp3) is 0.429. The van der Waals surface area contributed by atoms with E-state index in [0.717, 1.165) is 5.56 Å². The number of nitrogen functional groups attached to an aromatic ring is 1. The van der Waals surface area contributed by atoms with Crippen LogP contribution in [0.5, 0.6) is 5.75 Å². The zero-order valence-corrected chi connectivity index (χ0v) is 12.5. The van der Waals surface area contributed by atoms with Crippen molar-refractivity contribution in [2.75, 3.05) is 5.73 Å². The van der Waals surface area contributed by atoms with Gasteiger partial charge in [-0.2, -0.15) is 0 Å². The van der Waals surface area contributed by atoms with Crippen LogP contribution in [0.4, 0.5) is 5.69 Å². The summed E-state index contributed by atoms with van der Waals surface area (Å²) in [6.07, 6.45) is 0.462. The maximum absolute atomic E-state index is 11.7. The number of anilines is 1. The Morgan fingerprint density at radius 3 is 2.80 bits per heavy atom. The highest BCUT2D eigenvalue weighted by Crippen LogP contribution is 2.32. The average molecular weight is 296 g/mol. The van der Waals surface area contributed by atoms with Crippen molar-refractivity contribution in [1.82, 2.24) is 5.43 Å². The van der Waals surface area contributed by atoms with Crippen molar-refractivity contribution in [2.24, 2.45) is 16.9 Å². The number of nitrogens with zero attached hydrogens (tertiary/aromatic N) is 1. The molecule has 0 aliphatic carbocycles. The van der Waals surface area contributed by atoms with Crippen molar-refractivity contribution in [3.05, 3.63) is 22.7 Å². The normalized spacial score (nSPS) is 18.8. The molecule has 1 unspecified atom stereocenters. The molecule has 3 N–H and O–H groups in total. The number of hydrogen-bond acceptors (Lipinski definition) is 4. The molecule has 108 valence electrons. The number of ether oxygens (including phenoxy) is 1. The molecule has 0 saturated carbocycles. The Morgan fingerprint density at radius 1 is 1.50 bits per heavy atom. The summed E-state index contributed by atoms with van der Waals surface area (Å²) < 4.78 is 5.75. The lowest BCUT2D eigenvalue weighted by Gasteiger charge is -2.24. The van der Waals surface area contributed by atoms with Gasteiger partial charge in [0.1, 0.15) is 0 Å². The summed E-state index contributed by atoms with van der Waals surface area (Å²) in [6, 6.07) is 3.41. The smallest absolute Gasteiger partial charge is 0.244 e. The number of hydrogen-bond donors (Lipinski definition) is 2. The Kier molecular flexibility index (Phi) is 4.18. The molecule has 5 nitrogen and oxygen atoms in total. The van der Waals surface area contributed by atoms with Crippen molar-refractivity contribution >= 4 is 29.1 Å². The van der Waals surface area contributed by atoms with E-state index in [-0.39, 0.29) is 17.7 Å². The summed E-state index contributed by atoms with van der Waals surface area (Å²) in [6.45, 7) is 5.85. The third kappa shape index (κ3) is 3.04. The number of benzene rings is 1. The molecule has 1 atom stereocenters. The number of hydrazone groups is 1. The van der Waals surface area contributed by atoms with Crippen LogP contribution < -0.4 is 15.9 Å². The van der Waals surface area contributed by atoms with Crippen LogP contribution >= 0.6 is 11.6 Å². The number of nitrogens with two attached hydrogens (primary N) is 1. The Labute approximate surface area is 123 Å². The summed E-state index contributed by atoms with van der Waals surface area (Å²) in [5, 5.41) is 4.38. The number of aryl methyl sites for hydroxylation is 1. The van der Waals surface area contributed by atoms with Crippen LogP contribution in [0.1, 0.15) is 25.8 Å². The molecule has 0 aromatic heterocycles. The highest BCUT2D eigenvalue weighted by atomic mass is 35.5. The fourth-order valence-electron chi connectivity index (χ4n) is 2.13. The Morgan fingerprint density at radius 2 is 2.20 bits per heavy atom. The fourth-order valence-corrected chi connectivity index (χ4v) is 2.45. The van der Waals surface area contributed by atoms with Gasteiger partial charge in [-0.25, -0.2) is 5.43 Å². The standard InChI is InChI=1S/C14H18ClN3O2/c1-7(2)10-6-12(17-18-14(10)19)20-13-8(3)4-9(16)5-11(13)15/h4-5,7,10H,6,16H2,1-3H3,(H,18,19). The van der Waals surface area contributed by atoms with Crippen molar-refractivity contribution in [3.63, 3.8) is 0 Å². The highest BCUT2D eigenvalue weighted by Gasteiger charge is 2.29. The number of nitrogens with one attached hydrogen (secondary N) is 1. The molecule has 0 bridgehead atoms. The van der Waals surface area contributed by atoms with Gasteiger partial charge >= 0.3 is 0 Å². The Hall–Kier alpha value is -1.75. The maximum atomic E-state index is 11.7. The van der Waals surface area contributed by atoms with Crippen LogP contribution in [-0.4, -0.2) is 11.8 Å². The van der Waals surface area contributed by atoms with E-state index >= 15 is 0 Å². The average Bonchev–Trinajstić information content (AvgIpc) is 2.35. The number of halogens is 1. The molecule has 1 aromatic carbocycles. The van der Waals surface area contributed by atoms with E-state index in [1.54, 1.807) is 12.1 Å². The summed E-state index contributed by atoms with van der Waals surface area (Å²) in [7, 11) is 0. The first-order chi connectivity index (χ1) is 9.38. The predicted molar refractivity (Wildman–Crippen MR) is 79.8 cm³/mol. The lowest BCUT2D eigenvalue weighted by Crippen LogP contribution is -2.38. The first-order valence-electron chi connectivity index (χ1n) is 6.48. The lowest BCUT2D eigenvalue weighted by molar-refractivity contribution is -0.126. The van der Waals surface area contributed by atoms with Crippen molar-refractivity contribution < 1.29 is 9.53 Å². The van der Waals surface area contributed by atoms with Gasteiger partial charge in [-0.1, -0.05) is 25.4 Å². The van der Waals surface area contributed by atoms with Crippen molar-refractivity contribution in [1.29, 1.82) is 0 Å². The van der Waals surface area contributed by atoms with Gasteiger partial charge in [0, 0.05) is 12.1 Å². The van der Waals surface area contributed by atoms with E-state index in [2.05, 4.69) is 10.5 Å². The van der Waals surface area contributed by atoms with Gasteiger partial charge in [0.2, 0.25) is 11.8 Å². The van der Waals surface area contributed by atoms with E-state index in [4.69, 9.17) is 22.1 Å². The molecular weight excluding hydrogens is 278 g/mol. The second kappa shape index (κ2) is 5.71. The largest absolute Gasteiger partial charge is 0.440 e. The predicted octanol–water partition coefficient (Wildman–Crippen LogP) is 2.72. The Balaban J connectivity index is 2.21. The summed E-state index contributed by atoms with van der Waals surface area (Å²) in [5.74, 6) is 0.978. The number of rotatable bonds is 2. The summed E-state index contributed by atoms with van der Waals surface area (Å²) in [5.41, 5.74) is 9.62. The topological polar surface area (TPSA) is 76.7 Å². The minimum Gasteiger partial charge on any atom is -0.440 e. The molecule has 6 heteroatoms. The molecule has 1 aliphatic heterocycles. The van der Waals surface area contributed by atoms with Gasteiger partial charge in [-0.3, -0.25) is 4.79 Å². The molecule has 0 saturated heterocycles. The summed E-state index contributed by atoms with van der Waals surface area (Å²) in [4.78, 5) is 11.7. The van der Waals surface area contributed by atoms with E-state index in [9.17, 15) is 4.79 Å². The molecule has 0 spiro atoms. The minimum absolute atomic E-state index is 0.0764. The summed E-state index contributed by atoms with van der Waals surface area (Å²) >= 11 is 6.13. The number of amides is 1. The molecule has 1 heterocycles. The monoisotopic (exact) mass is 295 g/mol. The second-order valence-corrected chi connectivity index (χ2v) is 5.69. The maximum Gasteiger partial charge on any atom is 0.244 e. The van der Waals surface area contributed by atoms with E-state index in [1.165, 1.54) is 0 Å². The Bertz CT molecular complexity index is 547. The van der Waals surface area contributed by atoms with Gasteiger partial charge in [-0.05, 0) is 30.5 Å². The van der Waals surface area contributed by atoms with E-state index < -0.39 is 0 Å². The van der Waals surface area contributed by atoms with Crippen molar-refractivity contribution in [2.45, 2.75) is 27.2 Å². The highest BCUT2D eigenvalue weighted by molar-refractivity contribution is 6.32. The van der Waals surface area contributed by atoms with Crippen LogP contribution in [0.25, 0.3) is 0 Å². The van der Waals surface area contributed by atoms with Crippen LogP contribution in [0.3, 0.4) is 0 Å². The van der Waals surface area contributed by atoms with Gasteiger partial charge < -0.3 is 10.5 Å².